The summed E-state index contributed by atoms with van der Waals surface area (Å²) < 4.78 is 4.72. The fraction of sp³-hybridized carbons (Fsp3) is 0.0909. The molecule has 3 aromatic heterocycles. The molecule has 0 fully saturated rings. The molecule has 5 aromatic rings. The molecule has 2 aromatic carbocycles. The molecule has 4 heterocycles. The second-order valence-electron chi connectivity index (χ2n) is 7.44. The molecule has 2 N–H and O–H groups in total. The molecule has 1 aliphatic rings. The number of imidazole rings is 1. The molecule has 9 heteroatoms. The average Bonchev–Trinajstić information content (AvgIpc) is 3.45. The van der Waals surface area contributed by atoms with Crippen molar-refractivity contribution in [3.63, 3.8) is 0 Å². The van der Waals surface area contributed by atoms with Crippen LogP contribution < -0.4 is 0 Å². The molecule has 0 amide bonds. The van der Waals surface area contributed by atoms with E-state index in [-0.39, 0.29) is 5.69 Å². The first kappa shape index (κ1) is 18.1. The smallest absolute Gasteiger partial charge is 0.356 e. The molecule has 0 spiro atoms. The molecule has 0 saturated carbocycles. The van der Waals surface area contributed by atoms with Crippen molar-refractivity contribution in [3.8, 4) is 17.1 Å². The van der Waals surface area contributed by atoms with Gasteiger partial charge in [-0.3, -0.25) is 4.57 Å². The number of aromatic amines is 1. The van der Waals surface area contributed by atoms with Gasteiger partial charge < -0.3 is 14.7 Å². The molecule has 0 radical (unpaired) electrons. The molecule has 8 nitrogen and oxygen atoms in total. The standard InChI is InChI=1S/C22H15BrN6O2/c23-13-5-6-17-15(8-13)21-27-26-19(7-12-9-24-16-4-2-1-3-14(12)16)28(21)10-18-20(22(30)31)25-11-29(17)18/h1-6,8-9,11,24H,7,10H2,(H,30,31). The number of carbonyl (C=O) groups is 1. The van der Waals surface area contributed by atoms with Crippen LogP contribution in [0.1, 0.15) is 27.6 Å². The summed E-state index contributed by atoms with van der Waals surface area (Å²) >= 11 is 3.54. The van der Waals surface area contributed by atoms with E-state index in [1.54, 1.807) is 6.33 Å². The fourth-order valence-corrected chi connectivity index (χ4v) is 4.60. The van der Waals surface area contributed by atoms with E-state index in [4.69, 9.17) is 0 Å². The highest BCUT2D eigenvalue weighted by Crippen LogP contribution is 2.34. The monoisotopic (exact) mass is 474 g/mol. The third-order valence-electron chi connectivity index (χ3n) is 5.69. The Bertz CT molecular complexity index is 1500. The van der Waals surface area contributed by atoms with E-state index in [9.17, 15) is 9.90 Å². The lowest BCUT2D eigenvalue weighted by atomic mass is 10.1. The highest BCUT2D eigenvalue weighted by atomic mass is 79.9. The van der Waals surface area contributed by atoms with Gasteiger partial charge in [-0.05, 0) is 29.8 Å². The van der Waals surface area contributed by atoms with Gasteiger partial charge in [0.05, 0.1) is 17.9 Å². The average molecular weight is 475 g/mol. The van der Waals surface area contributed by atoms with Gasteiger partial charge >= 0.3 is 5.97 Å². The normalized spacial score (nSPS) is 12.3. The number of hydrogen-bond acceptors (Lipinski definition) is 4. The van der Waals surface area contributed by atoms with Crippen LogP contribution in [0.5, 0.6) is 0 Å². The van der Waals surface area contributed by atoms with Crippen molar-refractivity contribution in [2.24, 2.45) is 0 Å². The van der Waals surface area contributed by atoms with E-state index in [2.05, 4.69) is 42.2 Å². The van der Waals surface area contributed by atoms with Gasteiger partial charge in [0.1, 0.15) is 12.2 Å². The summed E-state index contributed by atoms with van der Waals surface area (Å²) in [4.78, 5) is 19.3. The number of para-hydroxylation sites is 1. The van der Waals surface area contributed by atoms with E-state index in [1.165, 1.54) is 0 Å². The minimum atomic E-state index is -1.05. The van der Waals surface area contributed by atoms with Crippen molar-refractivity contribution in [2.45, 2.75) is 13.0 Å². The summed E-state index contributed by atoms with van der Waals surface area (Å²) in [5, 5.41) is 19.8. The lowest BCUT2D eigenvalue weighted by Crippen LogP contribution is -2.11. The number of nitrogens with zero attached hydrogens (tertiary/aromatic N) is 5. The molecule has 0 aliphatic carbocycles. The summed E-state index contributed by atoms with van der Waals surface area (Å²) in [5.74, 6) is 0.407. The van der Waals surface area contributed by atoms with E-state index in [0.29, 0.717) is 24.5 Å². The first-order valence-electron chi connectivity index (χ1n) is 9.67. The number of aromatic nitrogens is 6. The summed E-state index contributed by atoms with van der Waals surface area (Å²) in [7, 11) is 0. The third kappa shape index (κ3) is 2.73. The van der Waals surface area contributed by atoms with Crippen molar-refractivity contribution >= 4 is 32.8 Å². The van der Waals surface area contributed by atoms with E-state index < -0.39 is 5.97 Å². The summed E-state index contributed by atoms with van der Waals surface area (Å²) in [6, 6.07) is 13.9. The van der Waals surface area contributed by atoms with Gasteiger partial charge in [0.25, 0.3) is 0 Å². The van der Waals surface area contributed by atoms with Crippen LogP contribution in [-0.4, -0.2) is 40.4 Å². The Morgan fingerprint density at radius 3 is 2.94 bits per heavy atom. The van der Waals surface area contributed by atoms with Crippen LogP contribution in [0, 0.1) is 0 Å². The van der Waals surface area contributed by atoms with Crippen LogP contribution in [0.2, 0.25) is 0 Å². The van der Waals surface area contributed by atoms with Crippen LogP contribution in [0.15, 0.2) is 59.5 Å². The first-order chi connectivity index (χ1) is 15.1. The summed E-state index contributed by atoms with van der Waals surface area (Å²) in [6.07, 6.45) is 4.11. The predicted molar refractivity (Wildman–Crippen MR) is 117 cm³/mol. The first-order valence-corrected chi connectivity index (χ1v) is 10.5. The number of halogens is 1. The fourth-order valence-electron chi connectivity index (χ4n) is 4.24. The van der Waals surface area contributed by atoms with Gasteiger partial charge in [-0.15, -0.1) is 10.2 Å². The van der Waals surface area contributed by atoms with Crippen LogP contribution in [0.4, 0.5) is 0 Å². The van der Waals surface area contributed by atoms with Crippen molar-refractivity contribution < 1.29 is 9.90 Å². The Balaban J connectivity index is 1.55. The van der Waals surface area contributed by atoms with Crippen molar-refractivity contribution in [2.75, 3.05) is 0 Å². The molecule has 0 unspecified atom stereocenters. The molecule has 1 aliphatic heterocycles. The van der Waals surface area contributed by atoms with Crippen molar-refractivity contribution in [1.82, 2.24) is 29.3 Å². The highest BCUT2D eigenvalue weighted by Gasteiger charge is 2.28. The number of nitrogens with one attached hydrogen (secondary N) is 1. The number of carboxylic acid groups (broad SMARTS) is 1. The van der Waals surface area contributed by atoms with Crippen LogP contribution in [-0.2, 0) is 13.0 Å². The zero-order chi connectivity index (χ0) is 21.1. The number of rotatable bonds is 3. The van der Waals surface area contributed by atoms with Gasteiger partial charge in [0, 0.05) is 33.6 Å². The van der Waals surface area contributed by atoms with Gasteiger partial charge in [0.15, 0.2) is 11.5 Å². The summed E-state index contributed by atoms with van der Waals surface area (Å²) in [5.41, 5.74) is 4.48. The molecule has 152 valence electrons. The maximum atomic E-state index is 11.8. The largest absolute Gasteiger partial charge is 0.476 e. The number of aromatic carboxylic acids is 1. The topological polar surface area (TPSA) is 102 Å². The number of benzene rings is 2. The number of carboxylic acids is 1. The molecule has 6 rings (SSSR count). The molecule has 0 atom stereocenters. The quantitative estimate of drug-likeness (QED) is 0.403. The predicted octanol–water partition coefficient (Wildman–Crippen LogP) is 4.03. The van der Waals surface area contributed by atoms with Crippen molar-refractivity contribution in [1.29, 1.82) is 0 Å². The van der Waals surface area contributed by atoms with Gasteiger partial charge in [-0.2, -0.15) is 0 Å². The lowest BCUT2D eigenvalue weighted by molar-refractivity contribution is 0.0689. The SMILES string of the molecule is O=C(O)c1ncn2c1Cn1c(Cc3c[nH]c4ccccc34)nnc1-c1cc(Br)ccc1-2. The minimum Gasteiger partial charge on any atom is -0.476 e. The Kier molecular flexibility index (Phi) is 3.87. The van der Waals surface area contributed by atoms with E-state index in [1.807, 2.05) is 51.7 Å². The Hall–Kier alpha value is -3.72. The maximum Gasteiger partial charge on any atom is 0.356 e. The summed E-state index contributed by atoms with van der Waals surface area (Å²) in [6.45, 7) is 0.313. The number of fused-ring (bicyclic) bond motifs is 6. The van der Waals surface area contributed by atoms with Gasteiger partial charge in [-0.1, -0.05) is 34.1 Å². The van der Waals surface area contributed by atoms with E-state index >= 15 is 0 Å². The van der Waals surface area contributed by atoms with Crippen LogP contribution >= 0.6 is 15.9 Å². The Labute approximate surface area is 184 Å². The van der Waals surface area contributed by atoms with Crippen LogP contribution in [0.3, 0.4) is 0 Å². The van der Waals surface area contributed by atoms with E-state index in [0.717, 1.165) is 38.0 Å². The second-order valence-corrected chi connectivity index (χ2v) is 8.35. The van der Waals surface area contributed by atoms with Gasteiger partial charge in [-0.25, -0.2) is 9.78 Å². The zero-order valence-electron chi connectivity index (χ0n) is 16.1. The van der Waals surface area contributed by atoms with Crippen molar-refractivity contribution in [3.05, 3.63) is 82.2 Å². The molecular weight excluding hydrogens is 460 g/mol. The van der Waals surface area contributed by atoms with Gasteiger partial charge in [0.2, 0.25) is 0 Å². The molecule has 31 heavy (non-hydrogen) atoms. The maximum absolute atomic E-state index is 11.8. The number of hydrogen-bond donors (Lipinski definition) is 2. The third-order valence-corrected chi connectivity index (χ3v) is 6.18. The highest BCUT2D eigenvalue weighted by molar-refractivity contribution is 9.10. The molecular formula is C22H15BrN6O2. The van der Waals surface area contributed by atoms with Crippen LogP contribution in [0.25, 0.3) is 28.0 Å². The molecule has 0 bridgehead atoms. The zero-order valence-corrected chi connectivity index (χ0v) is 17.7. The Morgan fingerprint density at radius 2 is 2.06 bits per heavy atom. The second kappa shape index (κ2) is 6.64. The Morgan fingerprint density at radius 1 is 1.19 bits per heavy atom. The minimum absolute atomic E-state index is 0.0356. The molecule has 0 saturated heterocycles. The lowest BCUT2D eigenvalue weighted by Gasteiger charge is -2.08. The number of H-pyrrole nitrogens is 1.